The Bertz CT molecular complexity index is 881. The van der Waals surface area contributed by atoms with E-state index in [9.17, 15) is 9.18 Å². The molecule has 0 radical (unpaired) electrons. The molecule has 1 aromatic carbocycles. The summed E-state index contributed by atoms with van der Waals surface area (Å²) < 4.78 is 15.4. The van der Waals surface area contributed by atoms with Crippen molar-refractivity contribution in [2.45, 2.75) is 57.7 Å². The van der Waals surface area contributed by atoms with E-state index in [-0.39, 0.29) is 23.8 Å². The number of hydrogen-bond acceptors (Lipinski definition) is 4. The van der Waals surface area contributed by atoms with E-state index in [1.807, 2.05) is 18.4 Å². The van der Waals surface area contributed by atoms with Crippen LogP contribution < -0.4 is 16.0 Å². The molecular weight excluding hydrogens is 357 g/mol. The molecule has 3 N–H and O–H groups in total. The first kappa shape index (κ1) is 18.9. The van der Waals surface area contributed by atoms with Gasteiger partial charge in [0.1, 0.15) is 29.7 Å². The van der Waals surface area contributed by atoms with Gasteiger partial charge in [0, 0.05) is 17.6 Å². The molecule has 0 saturated carbocycles. The molecule has 1 aromatic heterocycles. The first-order valence-corrected chi connectivity index (χ1v) is 10.0. The molecule has 150 valence electrons. The highest BCUT2D eigenvalue weighted by molar-refractivity contribution is 5.81. The fourth-order valence-corrected chi connectivity index (χ4v) is 4.36. The maximum Gasteiger partial charge on any atom is 0.240 e. The van der Waals surface area contributed by atoms with Crippen LogP contribution in [-0.4, -0.2) is 34.1 Å². The number of anilines is 1. The standard InChI is InChI=1S/C21H28FN5O/c1-4-21(10-5-11-24-21)13-23-18-17(14-6-8-15(22)9-7-14)25-19-20(2,3)26-16(28)12-27(18)19/h6-9,23-24H,4-5,10-13H2,1-3H3,(H,26,28)/t21-/m0/s1. The number of carbonyl (C=O) groups excluding carboxylic acids is 1. The Kier molecular flexibility index (Phi) is 4.65. The van der Waals surface area contributed by atoms with Crippen LogP contribution in [0.5, 0.6) is 0 Å². The third-order valence-corrected chi connectivity index (χ3v) is 6.00. The van der Waals surface area contributed by atoms with E-state index in [0.29, 0.717) is 0 Å². The molecule has 1 saturated heterocycles. The van der Waals surface area contributed by atoms with Crippen LogP contribution in [0.25, 0.3) is 11.3 Å². The van der Waals surface area contributed by atoms with Crippen molar-refractivity contribution >= 4 is 11.7 Å². The Balaban J connectivity index is 1.77. The van der Waals surface area contributed by atoms with Gasteiger partial charge in [0.2, 0.25) is 5.91 Å². The number of imidazole rings is 1. The molecule has 0 spiro atoms. The number of nitrogens with one attached hydrogen (secondary N) is 3. The van der Waals surface area contributed by atoms with Crippen molar-refractivity contribution in [3.63, 3.8) is 0 Å². The van der Waals surface area contributed by atoms with Crippen LogP contribution in [0.3, 0.4) is 0 Å². The van der Waals surface area contributed by atoms with Gasteiger partial charge in [-0.2, -0.15) is 0 Å². The average molecular weight is 385 g/mol. The van der Waals surface area contributed by atoms with Gasteiger partial charge in [-0.15, -0.1) is 0 Å². The highest BCUT2D eigenvalue weighted by Gasteiger charge is 2.37. The molecule has 2 aliphatic rings. The second kappa shape index (κ2) is 6.88. The Morgan fingerprint density at radius 2 is 2.04 bits per heavy atom. The Hall–Kier alpha value is -2.41. The fraction of sp³-hybridized carbons (Fsp3) is 0.524. The van der Waals surface area contributed by atoms with Crippen molar-refractivity contribution in [1.82, 2.24) is 20.2 Å². The smallest absolute Gasteiger partial charge is 0.240 e. The molecule has 6 nitrogen and oxygen atoms in total. The fourth-order valence-electron chi connectivity index (χ4n) is 4.36. The zero-order valence-electron chi connectivity index (χ0n) is 16.7. The average Bonchev–Trinajstić information content (AvgIpc) is 3.26. The van der Waals surface area contributed by atoms with Gasteiger partial charge in [-0.05, 0) is 63.9 Å². The van der Waals surface area contributed by atoms with E-state index in [0.717, 1.165) is 48.8 Å². The molecule has 1 amide bonds. The summed E-state index contributed by atoms with van der Waals surface area (Å²) >= 11 is 0. The molecular formula is C21H28FN5O. The lowest BCUT2D eigenvalue weighted by atomic mass is 9.94. The third-order valence-electron chi connectivity index (χ3n) is 6.00. The minimum Gasteiger partial charge on any atom is -0.368 e. The number of fused-ring (bicyclic) bond motifs is 1. The topological polar surface area (TPSA) is 71.0 Å². The van der Waals surface area contributed by atoms with Gasteiger partial charge in [-0.1, -0.05) is 6.92 Å². The van der Waals surface area contributed by atoms with E-state index in [4.69, 9.17) is 4.98 Å². The van der Waals surface area contributed by atoms with Gasteiger partial charge < -0.3 is 20.5 Å². The number of carbonyl (C=O) groups is 1. The Morgan fingerprint density at radius 1 is 1.29 bits per heavy atom. The van der Waals surface area contributed by atoms with Crippen molar-refractivity contribution in [1.29, 1.82) is 0 Å². The van der Waals surface area contributed by atoms with E-state index < -0.39 is 5.54 Å². The van der Waals surface area contributed by atoms with Crippen LogP contribution in [0.1, 0.15) is 45.9 Å². The van der Waals surface area contributed by atoms with Crippen LogP contribution in [-0.2, 0) is 16.9 Å². The summed E-state index contributed by atoms with van der Waals surface area (Å²) in [7, 11) is 0. The first-order chi connectivity index (χ1) is 13.3. The van der Waals surface area contributed by atoms with E-state index in [1.54, 1.807) is 12.1 Å². The van der Waals surface area contributed by atoms with E-state index in [2.05, 4.69) is 22.9 Å². The van der Waals surface area contributed by atoms with Crippen molar-refractivity contribution in [2.75, 3.05) is 18.4 Å². The second-order valence-corrected chi connectivity index (χ2v) is 8.42. The van der Waals surface area contributed by atoms with Crippen LogP contribution in [0.15, 0.2) is 24.3 Å². The minimum atomic E-state index is -0.571. The maximum atomic E-state index is 13.4. The zero-order valence-corrected chi connectivity index (χ0v) is 16.7. The predicted octanol–water partition coefficient (Wildman–Crippen LogP) is 3.00. The predicted molar refractivity (Wildman–Crippen MR) is 108 cm³/mol. The molecule has 4 rings (SSSR count). The van der Waals surface area contributed by atoms with Gasteiger partial charge in [-0.3, -0.25) is 4.79 Å². The number of hydrogen-bond donors (Lipinski definition) is 3. The van der Waals surface area contributed by atoms with E-state index >= 15 is 0 Å². The summed E-state index contributed by atoms with van der Waals surface area (Å²) in [4.78, 5) is 17.2. The molecule has 1 fully saturated rings. The molecule has 0 unspecified atom stereocenters. The molecule has 1 atom stereocenters. The number of nitrogens with zero attached hydrogens (tertiary/aromatic N) is 2. The molecule has 2 aromatic rings. The molecule has 0 aliphatic carbocycles. The van der Waals surface area contributed by atoms with Crippen LogP contribution in [0.4, 0.5) is 10.2 Å². The van der Waals surface area contributed by atoms with Crippen molar-refractivity contribution < 1.29 is 9.18 Å². The number of benzene rings is 1. The lowest BCUT2D eigenvalue weighted by molar-refractivity contribution is -0.124. The number of rotatable bonds is 5. The van der Waals surface area contributed by atoms with Crippen LogP contribution in [0, 0.1) is 5.82 Å². The summed E-state index contributed by atoms with van der Waals surface area (Å²) in [5, 5.41) is 10.2. The van der Waals surface area contributed by atoms with Gasteiger partial charge in [0.25, 0.3) is 0 Å². The van der Waals surface area contributed by atoms with Gasteiger partial charge in [0.15, 0.2) is 0 Å². The summed E-state index contributed by atoms with van der Waals surface area (Å²) in [6.07, 6.45) is 3.31. The van der Waals surface area contributed by atoms with Crippen molar-refractivity contribution in [3.05, 3.63) is 35.9 Å². The summed E-state index contributed by atoms with van der Waals surface area (Å²) in [5.41, 5.74) is 1.07. The largest absolute Gasteiger partial charge is 0.368 e. The summed E-state index contributed by atoms with van der Waals surface area (Å²) in [5.74, 6) is 1.32. The summed E-state index contributed by atoms with van der Waals surface area (Å²) in [6.45, 7) is 8.11. The zero-order chi connectivity index (χ0) is 19.9. The quantitative estimate of drug-likeness (QED) is 0.740. The van der Waals surface area contributed by atoms with Crippen LogP contribution >= 0.6 is 0 Å². The number of halogens is 1. The monoisotopic (exact) mass is 385 g/mol. The molecule has 7 heteroatoms. The lowest BCUT2D eigenvalue weighted by Crippen LogP contribution is -2.49. The van der Waals surface area contributed by atoms with Gasteiger partial charge in [0.05, 0.1) is 5.54 Å². The number of amides is 1. The van der Waals surface area contributed by atoms with Gasteiger partial charge in [-0.25, -0.2) is 9.37 Å². The Labute approximate surface area is 164 Å². The van der Waals surface area contributed by atoms with E-state index in [1.165, 1.54) is 18.6 Å². The lowest BCUT2D eigenvalue weighted by Gasteiger charge is -2.33. The van der Waals surface area contributed by atoms with Gasteiger partial charge >= 0.3 is 0 Å². The summed E-state index contributed by atoms with van der Waals surface area (Å²) in [6, 6.07) is 6.36. The normalized spacial score (nSPS) is 23.4. The molecule has 3 heterocycles. The minimum absolute atomic E-state index is 0.0344. The third kappa shape index (κ3) is 3.28. The SMILES string of the molecule is CC[C@@]1(CNc2c(-c3ccc(F)cc3)nc3n2CC(=O)NC3(C)C)CCCN1. The first-order valence-electron chi connectivity index (χ1n) is 10.0. The molecule has 0 bridgehead atoms. The van der Waals surface area contributed by atoms with Crippen molar-refractivity contribution in [3.8, 4) is 11.3 Å². The highest BCUT2D eigenvalue weighted by atomic mass is 19.1. The van der Waals surface area contributed by atoms with Crippen molar-refractivity contribution in [2.24, 2.45) is 0 Å². The highest BCUT2D eigenvalue weighted by Crippen LogP contribution is 2.35. The Morgan fingerprint density at radius 3 is 2.68 bits per heavy atom. The second-order valence-electron chi connectivity index (χ2n) is 8.42. The number of aromatic nitrogens is 2. The molecule has 28 heavy (non-hydrogen) atoms. The maximum absolute atomic E-state index is 13.4. The van der Waals surface area contributed by atoms with Crippen LogP contribution in [0.2, 0.25) is 0 Å². The molecule has 2 aliphatic heterocycles.